The molecule has 0 saturated heterocycles. The second-order valence-electron chi connectivity index (χ2n) is 8.67. The molecule has 0 amide bonds. The van der Waals surface area contributed by atoms with Crippen LogP contribution in [0.15, 0.2) is 23.8 Å². The highest BCUT2D eigenvalue weighted by Gasteiger charge is 2.77. The SMILES string of the molecule is C=C1C(=O)[C@]23CC[C@]45C(=O)[C@H]2C[C@H]1C[C@H]3C4=CCC[C@@]5(C)C=O. The molecule has 120 valence electrons. The standard InChI is InChI=1S/C20H22O3/c1-11-12-8-14-13-4-3-5-18(2,10-21)20(13)7-6-19(14,16(11)22)15(9-12)17(20)23/h4,10,12,14-15H,1,3,5-9H2,2H3/t12-,14+,15-,18+,19+,20-/m1/s1. The van der Waals surface area contributed by atoms with Gasteiger partial charge >= 0.3 is 0 Å². The molecule has 23 heavy (non-hydrogen) atoms. The zero-order chi connectivity index (χ0) is 16.2. The van der Waals surface area contributed by atoms with Crippen LogP contribution in [0.3, 0.4) is 0 Å². The molecule has 6 atom stereocenters. The molecule has 5 bridgehead atoms. The van der Waals surface area contributed by atoms with E-state index in [2.05, 4.69) is 12.7 Å². The lowest BCUT2D eigenvalue weighted by Crippen LogP contribution is -2.72. The van der Waals surface area contributed by atoms with Crippen LogP contribution in [0.2, 0.25) is 0 Å². The van der Waals surface area contributed by atoms with Gasteiger partial charge in [-0.05, 0) is 55.9 Å². The van der Waals surface area contributed by atoms with Crippen LogP contribution in [0.4, 0.5) is 0 Å². The monoisotopic (exact) mass is 310 g/mol. The number of hydrogen-bond donors (Lipinski definition) is 0. The van der Waals surface area contributed by atoms with Crippen molar-refractivity contribution in [1.29, 1.82) is 0 Å². The van der Waals surface area contributed by atoms with Crippen LogP contribution in [0.5, 0.6) is 0 Å². The predicted molar refractivity (Wildman–Crippen MR) is 84.4 cm³/mol. The number of carbonyl (C=O) groups excluding carboxylic acids is 3. The number of Topliss-reactive ketones (excluding diaryl/α,β-unsaturated/α-hetero) is 2. The Labute approximate surface area is 136 Å². The molecule has 2 spiro atoms. The van der Waals surface area contributed by atoms with E-state index in [4.69, 9.17) is 0 Å². The molecule has 3 nitrogen and oxygen atoms in total. The number of allylic oxidation sites excluding steroid dienone is 3. The van der Waals surface area contributed by atoms with Gasteiger partial charge in [-0.2, -0.15) is 0 Å². The highest BCUT2D eigenvalue weighted by molar-refractivity contribution is 6.10. The van der Waals surface area contributed by atoms with Crippen LogP contribution in [0.25, 0.3) is 0 Å². The summed E-state index contributed by atoms with van der Waals surface area (Å²) in [6.07, 6.45) is 8.01. The summed E-state index contributed by atoms with van der Waals surface area (Å²) in [4.78, 5) is 38.7. The number of carbonyl (C=O) groups is 3. The molecule has 0 unspecified atom stereocenters. The lowest BCUT2D eigenvalue weighted by molar-refractivity contribution is -0.187. The van der Waals surface area contributed by atoms with E-state index < -0.39 is 16.2 Å². The maximum atomic E-state index is 13.6. The topological polar surface area (TPSA) is 51.2 Å². The van der Waals surface area contributed by atoms with E-state index in [1.54, 1.807) is 0 Å². The van der Waals surface area contributed by atoms with Gasteiger partial charge in [-0.25, -0.2) is 0 Å². The first-order chi connectivity index (χ1) is 10.9. The van der Waals surface area contributed by atoms with E-state index in [0.29, 0.717) is 6.42 Å². The van der Waals surface area contributed by atoms with Crippen molar-refractivity contribution in [2.75, 3.05) is 0 Å². The minimum absolute atomic E-state index is 0.163. The molecule has 7 aliphatic carbocycles. The fourth-order valence-corrected chi connectivity index (χ4v) is 7.13. The molecule has 0 aromatic rings. The third-order valence-electron chi connectivity index (χ3n) is 8.27. The molecule has 0 N–H and O–H groups in total. The summed E-state index contributed by atoms with van der Waals surface area (Å²) < 4.78 is 0. The van der Waals surface area contributed by atoms with Gasteiger partial charge in [-0.3, -0.25) is 9.59 Å². The molecular weight excluding hydrogens is 288 g/mol. The number of ketones is 2. The van der Waals surface area contributed by atoms with Crippen LogP contribution < -0.4 is 0 Å². The van der Waals surface area contributed by atoms with Crippen molar-refractivity contribution < 1.29 is 14.4 Å². The van der Waals surface area contributed by atoms with Crippen molar-refractivity contribution in [3.63, 3.8) is 0 Å². The Morgan fingerprint density at radius 3 is 2.65 bits per heavy atom. The summed E-state index contributed by atoms with van der Waals surface area (Å²) in [6.45, 7) is 6.03. The van der Waals surface area contributed by atoms with Crippen LogP contribution in [-0.4, -0.2) is 17.9 Å². The summed E-state index contributed by atoms with van der Waals surface area (Å²) in [5.41, 5.74) is 0.181. The maximum absolute atomic E-state index is 13.6. The summed E-state index contributed by atoms with van der Waals surface area (Å²) in [7, 11) is 0. The van der Waals surface area contributed by atoms with Crippen molar-refractivity contribution >= 4 is 17.9 Å². The van der Waals surface area contributed by atoms with Gasteiger partial charge in [-0.1, -0.05) is 25.2 Å². The summed E-state index contributed by atoms with van der Waals surface area (Å²) in [6, 6.07) is 0. The second-order valence-corrected chi connectivity index (χ2v) is 8.67. The second kappa shape index (κ2) is 3.76. The minimum Gasteiger partial charge on any atom is -0.303 e. The third-order valence-corrected chi connectivity index (χ3v) is 8.27. The molecule has 7 aliphatic rings. The van der Waals surface area contributed by atoms with Crippen molar-refractivity contribution in [3.05, 3.63) is 23.8 Å². The van der Waals surface area contributed by atoms with E-state index in [0.717, 1.165) is 49.5 Å². The molecule has 0 aromatic carbocycles. The zero-order valence-corrected chi connectivity index (χ0v) is 13.6. The maximum Gasteiger partial charge on any atom is 0.166 e. The first-order valence-corrected chi connectivity index (χ1v) is 8.87. The molecule has 3 heteroatoms. The molecule has 0 heterocycles. The Morgan fingerprint density at radius 1 is 1.17 bits per heavy atom. The van der Waals surface area contributed by atoms with Gasteiger partial charge in [0, 0.05) is 16.7 Å². The van der Waals surface area contributed by atoms with E-state index in [1.807, 2.05) is 6.92 Å². The Kier molecular flexibility index (Phi) is 2.27. The largest absolute Gasteiger partial charge is 0.303 e. The van der Waals surface area contributed by atoms with Gasteiger partial charge in [0.05, 0.1) is 5.41 Å². The van der Waals surface area contributed by atoms with Crippen LogP contribution in [0, 0.1) is 34.0 Å². The Balaban J connectivity index is 1.80. The van der Waals surface area contributed by atoms with Gasteiger partial charge in [-0.15, -0.1) is 0 Å². The summed E-state index contributed by atoms with van der Waals surface area (Å²) in [5, 5.41) is 0. The van der Waals surface area contributed by atoms with Gasteiger partial charge in [0.25, 0.3) is 0 Å². The molecule has 0 radical (unpaired) electrons. The van der Waals surface area contributed by atoms with Gasteiger partial charge in [0.15, 0.2) is 5.78 Å². The summed E-state index contributed by atoms with van der Waals surface area (Å²) >= 11 is 0. The smallest absolute Gasteiger partial charge is 0.166 e. The van der Waals surface area contributed by atoms with Crippen molar-refractivity contribution in [2.45, 2.75) is 45.4 Å². The molecule has 6 fully saturated rings. The molecule has 0 aliphatic heterocycles. The number of aldehydes is 1. The van der Waals surface area contributed by atoms with Crippen molar-refractivity contribution in [3.8, 4) is 0 Å². The molecule has 0 aromatic heterocycles. The lowest BCUT2D eigenvalue weighted by atomic mass is 9.30. The third kappa shape index (κ3) is 1.14. The predicted octanol–water partition coefficient (Wildman–Crippen LogP) is 3.04. The number of rotatable bonds is 1. The van der Waals surface area contributed by atoms with E-state index in [1.165, 1.54) is 0 Å². The number of fused-ring (bicyclic) bond motifs is 2. The van der Waals surface area contributed by atoms with Gasteiger partial charge in [0.1, 0.15) is 12.1 Å². The minimum atomic E-state index is -0.617. The zero-order valence-electron chi connectivity index (χ0n) is 13.6. The Bertz CT molecular complexity index is 731. The molecule has 6 saturated carbocycles. The van der Waals surface area contributed by atoms with Crippen LogP contribution in [0.1, 0.15) is 45.4 Å². The average molecular weight is 310 g/mol. The highest BCUT2D eigenvalue weighted by atomic mass is 16.1. The average Bonchev–Trinajstić information content (AvgIpc) is 2.56. The normalized spacial score (nSPS) is 53.2. The summed E-state index contributed by atoms with van der Waals surface area (Å²) in [5.74, 6) is 0.537. The van der Waals surface area contributed by atoms with E-state index in [9.17, 15) is 14.4 Å². The first kappa shape index (κ1) is 13.9. The Morgan fingerprint density at radius 2 is 1.91 bits per heavy atom. The molecular formula is C20H22O3. The van der Waals surface area contributed by atoms with Gasteiger partial charge < -0.3 is 4.79 Å². The Hall–Kier alpha value is -1.51. The van der Waals surface area contributed by atoms with Crippen LogP contribution >= 0.6 is 0 Å². The highest BCUT2D eigenvalue weighted by Crippen LogP contribution is 2.76. The van der Waals surface area contributed by atoms with E-state index in [-0.39, 0.29) is 29.3 Å². The fourth-order valence-electron chi connectivity index (χ4n) is 7.13. The van der Waals surface area contributed by atoms with E-state index >= 15 is 0 Å². The van der Waals surface area contributed by atoms with Crippen molar-refractivity contribution in [2.24, 2.45) is 34.0 Å². The fraction of sp³-hybridized carbons (Fsp3) is 0.650. The lowest BCUT2D eigenvalue weighted by Gasteiger charge is -2.70. The first-order valence-electron chi connectivity index (χ1n) is 8.87. The van der Waals surface area contributed by atoms with Crippen LogP contribution in [-0.2, 0) is 14.4 Å². The van der Waals surface area contributed by atoms with Gasteiger partial charge in [0.2, 0.25) is 0 Å². The quantitative estimate of drug-likeness (QED) is 0.425. The number of hydrogen-bond acceptors (Lipinski definition) is 3. The van der Waals surface area contributed by atoms with Crippen molar-refractivity contribution in [1.82, 2.24) is 0 Å². The molecule has 7 rings (SSSR count).